The van der Waals surface area contributed by atoms with E-state index in [9.17, 15) is 25.0 Å². The summed E-state index contributed by atoms with van der Waals surface area (Å²) in [5.41, 5.74) is 1.71. The van der Waals surface area contributed by atoms with Crippen molar-refractivity contribution in [2.45, 2.75) is 25.9 Å². The van der Waals surface area contributed by atoms with Gasteiger partial charge in [-0.25, -0.2) is 0 Å². The summed E-state index contributed by atoms with van der Waals surface area (Å²) < 4.78 is 0. The minimum absolute atomic E-state index is 0.00817. The first-order valence-corrected chi connectivity index (χ1v) is 8.67. The molecule has 0 aromatic heterocycles. The summed E-state index contributed by atoms with van der Waals surface area (Å²) in [5, 5.41) is 23.8. The molecule has 1 aliphatic rings. The van der Waals surface area contributed by atoms with Crippen LogP contribution in [0.4, 0.5) is 11.4 Å². The summed E-state index contributed by atoms with van der Waals surface area (Å²) in [4.78, 5) is 33.6. The molecule has 4 atom stereocenters. The standard InChI is InChI=1S/C19H19N3O5/c1-11-17(13-3-7-15(8-4-13)21(24)25)20-18(12(2)19(11)23)14-5-9-16(10-6-14)22(26)27/h3-12,17-18,20H,1-2H3/p+1/t11-,12+,17-,18+. The lowest BCUT2D eigenvalue weighted by Crippen LogP contribution is -2.91. The average Bonchev–Trinajstić information content (AvgIpc) is 2.66. The molecule has 1 fully saturated rings. The molecule has 27 heavy (non-hydrogen) atoms. The van der Waals surface area contributed by atoms with Gasteiger partial charge in [-0.1, -0.05) is 0 Å². The Labute approximate surface area is 155 Å². The van der Waals surface area contributed by atoms with Crippen LogP contribution in [0.2, 0.25) is 0 Å². The van der Waals surface area contributed by atoms with Crippen LogP contribution in [-0.2, 0) is 4.79 Å². The molecule has 8 heteroatoms. The van der Waals surface area contributed by atoms with Gasteiger partial charge in [0.15, 0.2) is 5.78 Å². The quantitative estimate of drug-likeness (QED) is 0.655. The van der Waals surface area contributed by atoms with E-state index in [1.165, 1.54) is 24.3 Å². The molecule has 0 amide bonds. The van der Waals surface area contributed by atoms with Crippen LogP contribution in [-0.4, -0.2) is 15.6 Å². The molecule has 8 nitrogen and oxygen atoms in total. The maximum atomic E-state index is 12.8. The van der Waals surface area contributed by atoms with Crippen molar-refractivity contribution in [3.8, 4) is 0 Å². The maximum Gasteiger partial charge on any atom is 0.269 e. The first-order valence-electron chi connectivity index (χ1n) is 8.67. The summed E-state index contributed by atoms with van der Waals surface area (Å²) in [6.45, 7) is 3.74. The van der Waals surface area contributed by atoms with Crippen LogP contribution in [0, 0.1) is 32.1 Å². The number of nitrogens with zero attached hydrogens (tertiary/aromatic N) is 2. The van der Waals surface area contributed by atoms with Gasteiger partial charge in [0.05, 0.1) is 21.7 Å². The lowest BCUT2D eigenvalue weighted by atomic mass is 9.76. The number of nitro groups is 2. The molecule has 0 aliphatic carbocycles. The van der Waals surface area contributed by atoms with Crippen LogP contribution in [0.15, 0.2) is 48.5 Å². The van der Waals surface area contributed by atoms with Gasteiger partial charge in [0, 0.05) is 35.4 Å². The monoisotopic (exact) mass is 370 g/mol. The van der Waals surface area contributed by atoms with Gasteiger partial charge in [0.1, 0.15) is 12.1 Å². The van der Waals surface area contributed by atoms with Crippen molar-refractivity contribution >= 4 is 17.2 Å². The van der Waals surface area contributed by atoms with E-state index in [0.717, 1.165) is 11.1 Å². The third kappa shape index (κ3) is 3.56. The fraction of sp³-hybridized carbons (Fsp3) is 0.316. The molecule has 0 saturated carbocycles. The van der Waals surface area contributed by atoms with E-state index in [-0.39, 0.29) is 41.1 Å². The third-order valence-corrected chi connectivity index (χ3v) is 5.37. The number of rotatable bonds is 4. The molecule has 1 heterocycles. The largest absolute Gasteiger partial charge is 0.333 e. The smallest absolute Gasteiger partial charge is 0.269 e. The average molecular weight is 370 g/mol. The van der Waals surface area contributed by atoms with Crippen molar-refractivity contribution in [2.75, 3.05) is 0 Å². The fourth-order valence-electron chi connectivity index (χ4n) is 3.76. The Balaban J connectivity index is 1.91. The summed E-state index contributed by atoms with van der Waals surface area (Å²) in [6.07, 6.45) is 0. The number of hydrogen-bond acceptors (Lipinski definition) is 5. The van der Waals surface area contributed by atoms with E-state index in [1.54, 1.807) is 24.3 Å². The summed E-state index contributed by atoms with van der Waals surface area (Å²) in [6, 6.07) is 12.2. The number of nitrogens with two attached hydrogens (primary N) is 1. The number of Topliss-reactive ketones (excluding diaryl/α,β-unsaturated/α-hetero) is 1. The van der Waals surface area contributed by atoms with Crippen molar-refractivity contribution in [2.24, 2.45) is 11.8 Å². The van der Waals surface area contributed by atoms with Gasteiger partial charge in [-0.3, -0.25) is 25.0 Å². The van der Waals surface area contributed by atoms with E-state index in [0.29, 0.717) is 0 Å². The van der Waals surface area contributed by atoms with Gasteiger partial charge in [-0.2, -0.15) is 0 Å². The van der Waals surface area contributed by atoms with Gasteiger partial charge >= 0.3 is 0 Å². The molecule has 1 saturated heterocycles. The second-order valence-electron chi connectivity index (χ2n) is 6.92. The number of carbonyl (C=O) groups is 1. The Hall–Kier alpha value is -3.13. The van der Waals surface area contributed by atoms with Gasteiger partial charge in [0.25, 0.3) is 11.4 Å². The number of carbonyl (C=O) groups excluding carboxylic acids is 1. The highest BCUT2D eigenvalue weighted by molar-refractivity contribution is 5.84. The predicted molar refractivity (Wildman–Crippen MR) is 96.9 cm³/mol. The highest BCUT2D eigenvalue weighted by Crippen LogP contribution is 2.33. The van der Waals surface area contributed by atoms with Crippen LogP contribution in [0.3, 0.4) is 0 Å². The fourth-order valence-corrected chi connectivity index (χ4v) is 3.76. The first-order chi connectivity index (χ1) is 12.8. The van der Waals surface area contributed by atoms with Gasteiger partial charge < -0.3 is 5.32 Å². The van der Waals surface area contributed by atoms with Crippen LogP contribution in [0.25, 0.3) is 0 Å². The Morgan fingerprint density at radius 3 is 1.37 bits per heavy atom. The van der Waals surface area contributed by atoms with E-state index in [4.69, 9.17) is 0 Å². The SMILES string of the molecule is C[C@@H]1C(=O)[C@H](C)[C@H](c2ccc([N+](=O)[O-])cc2)[NH2+][C@@H]1c1ccc([N+](=O)[O-])cc1. The van der Waals surface area contributed by atoms with Gasteiger partial charge in [0.2, 0.25) is 0 Å². The van der Waals surface area contributed by atoms with Crippen molar-refractivity contribution < 1.29 is 20.0 Å². The second-order valence-corrected chi connectivity index (χ2v) is 6.92. The van der Waals surface area contributed by atoms with Crippen molar-refractivity contribution in [3.05, 3.63) is 79.9 Å². The zero-order valence-electron chi connectivity index (χ0n) is 14.9. The van der Waals surface area contributed by atoms with E-state index in [1.807, 2.05) is 13.8 Å². The molecule has 0 spiro atoms. The van der Waals surface area contributed by atoms with Crippen LogP contribution < -0.4 is 5.32 Å². The van der Waals surface area contributed by atoms with E-state index >= 15 is 0 Å². The predicted octanol–water partition coefficient (Wildman–Crippen LogP) is 2.70. The third-order valence-electron chi connectivity index (χ3n) is 5.37. The first kappa shape index (κ1) is 18.7. The zero-order valence-corrected chi connectivity index (χ0v) is 14.9. The van der Waals surface area contributed by atoms with Crippen molar-refractivity contribution in [3.63, 3.8) is 0 Å². The van der Waals surface area contributed by atoms with Gasteiger partial charge in [-0.15, -0.1) is 0 Å². The maximum absolute atomic E-state index is 12.8. The molecular weight excluding hydrogens is 350 g/mol. The van der Waals surface area contributed by atoms with Crippen LogP contribution in [0.5, 0.6) is 0 Å². The van der Waals surface area contributed by atoms with Crippen LogP contribution in [0.1, 0.15) is 37.1 Å². The van der Waals surface area contributed by atoms with Crippen LogP contribution >= 0.6 is 0 Å². The molecule has 3 rings (SSSR count). The second kappa shape index (κ2) is 7.24. The number of benzene rings is 2. The number of piperidine rings is 1. The number of hydrogen-bond donors (Lipinski definition) is 1. The zero-order chi connectivity index (χ0) is 19.7. The minimum Gasteiger partial charge on any atom is -0.333 e. The molecule has 0 unspecified atom stereocenters. The highest BCUT2D eigenvalue weighted by atomic mass is 16.6. The molecular formula is C19H20N3O5+. The molecule has 0 radical (unpaired) electrons. The number of ketones is 1. The minimum atomic E-state index is -0.454. The molecule has 2 aromatic rings. The van der Waals surface area contributed by atoms with Gasteiger partial charge in [-0.05, 0) is 38.1 Å². The number of quaternary nitrogens is 1. The van der Waals surface area contributed by atoms with Crippen molar-refractivity contribution in [1.29, 1.82) is 0 Å². The lowest BCUT2D eigenvalue weighted by Gasteiger charge is -2.36. The van der Waals surface area contributed by atoms with E-state index in [2.05, 4.69) is 5.32 Å². The molecule has 2 N–H and O–H groups in total. The number of non-ortho nitro benzene ring substituents is 2. The summed E-state index contributed by atoms with van der Waals surface area (Å²) >= 11 is 0. The molecule has 1 aliphatic heterocycles. The topological polar surface area (TPSA) is 120 Å². The molecule has 2 aromatic carbocycles. The molecule has 0 bridgehead atoms. The lowest BCUT2D eigenvalue weighted by molar-refractivity contribution is -0.748. The Kier molecular flexibility index (Phi) is 5.00. The van der Waals surface area contributed by atoms with E-state index < -0.39 is 9.85 Å². The number of nitro benzene ring substituents is 2. The Morgan fingerprint density at radius 1 is 0.741 bits per heavy atom. The Morgan fingerprint density at radius 2 is 1.07 bits per heavy atom. The van der Waals surface area contributed by atoms with Crippen molar-refractivity contribution in [1.82, 2.24) is 0 Å². The molecule has 140 valence electrons. The Bertz CT molecular complexity index is 808. The highest BCUT2D eigenvalue weighted by Gasteiger charge is 2.43. The normalized spacial score (nSPS) is 25.2. The summed E-state index contributed by atoms with van der Waals surface area (Å²) in [5.74, 6) is -0.365. The summed E-state index contributed by atoms with van der Waals surface area (Å²) in [7, 11) is 0.